The summed E-state index contributed by atoms with van der Waals surface area (Å²) >= 11 is 0. The summed E-state index contributed by atoms with van der Waals surface area (Å²) in [4.78, 5) is 12.0. The van der Waals surface area contributed by atoms with E-state index in [1.54, 1.807) is 7.11 Å². The molecule has 1 aromatic heterocycles. The zero-order valence-corrected chi connectivity index (χ0v) is 15.3. The van der Waals surface area contributed by atoms with Crippen molar-refractivity contribution in [3.8, 4) is 16.9 Å². The first kappa shape index (κ1) is 17.8. The Morgan fingerprint density at radius 3 is 2.81 bits per heavy atom. The Labute approximate surface area is 152 Å². The van der Waals surface area contributed by atoms with Crippen molar-refractivity contribution in [2.45, 2.75) is 20.3 Å². The van der Waals surface area contributed by atoms with Crippen molar-refractivity contribution in [1.82, 2.24) is 15.5 Å². The minimum Gasteiger partial charge on any atom is -0.496 e. The molecular weight excluding hydrogens is 328 g/mol. The van der Waals surface area contributed by atoms with Crippen LogP contribution in [0.1, 0.15) is 20.3 Å². The highest BCUT2D eigenvalue weighted by molar-refractivity contribution is 6.00. The second-order valence-electron chi connectivity index (χ2n) is 6.60. The number of methoxy groups -OCH3 is 1. The second-order valence-corrected chi connectivity index (χ2v) is 6.60. The van der Waals surface area contributed by atoms with Crippen LogP contribution < -0.4 is 15.4 Å². The molecule has 0 fully saturated rings. The van der Waals surface area contributed by atoms with Gasteiger partial charge >= 0.3 is 6.03 Å². The van der Waals surface area contributed by atoms with Crippen LogP contribution in [0.5, 0.6) is 5.75 Å². The van der Waals surface area contributed by atoms with Gasteiger partial charge in [0.25, 0.3) is 0 Å². The van der Waals surface area contributed by atoms with Gasteiger partial charge in [-0.15, -0.1) is 0 Å². The molecule has 2 aromatic carbocycles. The van der Waals surface area contributed by atoms with Crippen LogP contribution in [0, 0.1) is 5.92 Å². The average molecular weight is 352 g/mol. The Morgan fingerprint density at radius 2 is 2.04 bits per heavy atom. The molecule has 0 aliphatic rings. The van der Waals surface area contributed by atoms with Crippen LogP contribution in [-0.4, -0.2) is 29.9 Å². The highest BCUT2D eigenvalue weighted by Gasteiger charge is 2.11. The van der Waals surface area contributed by atoms with Crippen molar-refractivity contribution >= 4 is 22.8 Å². The number of nitrogens with one attached hydrogen (secondary N) is 3. The number of fused-ring (bicyclic) bond motifs is 1. The molecule has 2 amide bonds. The average Bonchev–Trinajstić information content (AvgIpc) is 3.03. The Balaban J connectivity index is 1.78. The molecule has 3 aromatic rings. The summed E-state index contributed by atoms with van der Waals surface area (Å²) in [6.45, 7) is 4.89. The summed E-state index contributed by atoms with van der Waals surface area (Å²) in [6.07, 6.45) is 0.941. The number of para-hydroxylation sites is 1. The SMILES string of the molecule is COc1ccccc1-c1ccc2c(NC(=O)NCCC(C)C)n[nH]c2c1. The van der Waals surface area contributed by atoms with Gasteiger partial charge in [-0.2, -0.15) is 5.10 Å². The minimum absolute atomic E-state index is 0.243. The summed E-state index contributed by atoms with van der Waals surface area (Å²) in [7, 11) is 1.66. The number of aromatic amines is 1. The molecule has 26 heavy (non-hydrogen) atoms. The molecule has 3 N–H and O–H groups in total. The molecule has 0 unspecified atom stereocenters. The zero-order valence-electron chi connectivity index (χ0n) is 15.3. The molecule has 0 saturated carbocycles. The number of hydrogen-bond acceptors (Lipinski definition) is 3. The summed E-state index contributed by atoms with van der Waals surface area (Å²) in [5.41, 5.74) is 2.88. The molecule has 0 atom stereocenters. The number of nitrogens with zero attached hydrogens (tertiary/aromatic N) is 1. The fourth-order valence-corrected chi connectivity index (χ4v) is 2.79. The van der Waals surface area contributed by atoms with Gasteiger partial charge in [-0.25, -0.2) is 4.79 Å². The molecule has 1 heterocycles. The number of carbonyl (C=O) groups excluding carboxylic acids is 1. The zero-order chi connectivity index (χ0) is 18.5. The largest absolute Gasteiger partial charge is 0.496 e. The van der Waals surface area contributed by atoms with E-state index in [1.807, 2.05) is 42.5 Å². The summed E-state index contributed by atoms with van der Waals surface area (Å²) in [5, 5.41) is 13.7. The second kappa shape index (κ2) is 7.91. The highest BCUT2D eigenvalue weighted by atomic mass is 16.5. The molecule has 0 saturated heterocycles. The van der Waals surface area contributed by atoms with Crippen LogP contribution in [0.4, 0.5) is 10.6 Å². The van der Waals surface area contributed by atoms with Crippen molar-refractivity contribution in [2.75, 3.05) is 19.0 Å². The van der Waals surface area contributed by atoms with Gasteiger partial charge in [0.1, 0.15) is 5.75 Å². The van der Waals surface area contributed by atoms with E-state index in [4.69, 9.17) is 4.74 Å². The smallest absolute Gasteiger partial charge is 0.320 e. The van der Waals surface area contributed by atoms with E-state index in [-0.39, 0.29) is 6.03 Å². The molecule has 136 valence electrons. The normalized spacial score (nSPS) is 10.9. The van der Waals surface area contributed by atoms with E-state index in [1.165, 1.54) is 0 Å². The first-order valence-corrected chi connectivity index (χ1v) is 8.75. The van der Waals surface area contributed by atoms with E-state index < -0.39 is 0 Å². The first-order valence-electron chi connectivity index (χ1n) is 8.75. The topological polar surface area (TPSA) is 79.0 Å². The van der Waals surface area contributed by atoms with Gasteiger partial charge in [0, 0.05) is 17.5 Å². The van der Waals surface area contributed by atoms with Crippen LogP contribution in [0.25, 0.3) is 22.0 Å². The molecular formula is C20H24N4O2. The van der Waals surface area contributed by atoms with Gasteiger partial charge in [-0.05, 0) is 36.1 Å². The maximum atomic E-state index is 12.0. The number of amides is 2. The molecule has 0 spiro atoms. The van der Waals surface area contributed by atoms with E-state index in [9.17, 15) is 4.79 Å². The Kier molecular flexibility index (Phi) is 5.41. The van der Waals surface area contributed by atoms with Gasteiger partial charge in [-0.3, -0.25) is 10.4 Å². The standard InChI is InChI=1S/C20H24N4O2/c1-13(2)10-11-21-20(25)22-19-16-9-8-14(12-17(16)23-24-19)15-6-4-5-7-18(15)26-3/h4-9,12-13H,10-11H2,1-3H3,(H3,21,22,23,24,25). The molecule has 6 heteroatoms. The lowest BCUT2D eigenvalue weighted by Crippen LogP contribution is -2.30. The van der Waals surface area contributed by atoms with Gasteiger partial charge in [0.15, 0.2) is 5.82 Å². The van der Waals surface area contributed by atoms with Crippen LogP contribution in [-0.2, 0) is 0 Å². The summed E-state index contributed by atoms with van der Waals surface area (Å²) in [5.74, 6) is 1.89. The molecule has 0 aliphatic carbocycles. The lowest BCUT2D eigenvalue weighted by Gasteiger charge is -2.09. The third-order valence-electron chi connectivity index (χ3n) is 4.22. The highest BCUT2D eigenvalue weighted by Crippen LogP contribution is 2.32. The number of ether oxygens (including phenoxy) is 1. The number of hydrogen-bond donors (Lipinski definition) is 3. The Bertz CT molecular complexity index is 902. The molecule has 0 aliphatic heterocycles. The molecule has 0 bridgehead atoms. The third kappa shape index (κ3) is 3.96. The Morgan fingerprint density at radius 1 is 1.23 bits per heavy atom. The van der Waals surface area contributed by atoms with Crippen LogP contribution in [0.15, 0.2) is 42.5 Å². The van der Waals surface area contributed by atoms with Crippen molar-refractivity contribution in [1.29, 1.82) is 0 Å². The number of urea groups is 1. The third-order valence-corrected chi connectivity index (χ3v) is 4.22. The number of H-pyrrole nitrogens is 1. The van der Waals surface area contributed by atoms with E-state index in [0.29, 0.717) is 18.3 Å². The maximum absolute atomic E-state index is 12.0. The Hall–Kier alpha value is -3.02. The molecule has 0 radical (unpaired) electrons. The number of benzene rings is 2. The first-order chi connectivity index (χ1) is 12.6. The molecule has 3 rings (SSSR count). The van der Waals surface area contributed by atoms with Gasteiger partial charge in [-0.1, -0.05) is 38.1 Å². The van der Waals surface area contributed by atoms with E-state index >= 15 is 0 Å². The quantitative estimate of drug-likeness (QED) is 0.615. The minimum atomic E-state index is -0.243. The van der Waals surface area contributed by atoms with Crippen molar-refractivity contribution in [2.24, 2.45) is 5.92 Å². The van der Waals surface area contributed by atoms with E-state index in [0.717, 1.165) is 34.2 Å². The fourth-order valence-electron chi connectivity index (χ4n) is 2.79. The van der Waals surface area contributed by atoms with Crippen molar-refractivity contribution < 1.29 is 9.53 Å². The van der Waals surface area contributed by atoms with Gasteiger partial charge < -0.3 is 10.1 Å². The number of rotatable bonds is 6. The maximum Gasteiger partial charge on any atom is 0.320 e. The van der Waals surface area contributed by atoms with Gasteiger partial charge in [0.2, 0.25) is 0 Å². The number of aromatic nitrogens is 2. The fraction of sp³-hybridized carbons (Fsp3) is 0.300. The number of anilines is 1. The summed E-state index contributed by atoms with van der Waals surface area (Å²) < 4.78 is 5.43. The van der Waals surface area contributed by atoms with Crippen LogP contribution in [0.2, 0.25) is 0 Å². The predicted octanol–water partition coefficient (Wildman–Crippen LogP) is 4.41. The molecule has 6 nitrogen and oxygen atoms in total. The lowest BCUT2D eigenvalue weighted by atomic mass is 10.0. The van der Waals surface area contributed by atoms with Crippen molar-refractivity contribution in [3.63, 3.8) is 0 Å². The number of carbonyl (C=O) groups is 1. The van der Waals surface area contributed by atoms with Crippen LogP contribution >= 0.6 is 0 Å². The van der Waals surface area contributed by atoms with Crippen LogP contribution in [0.3, 0.4) is 0 Å². The predicted molar refractivity (Wildman–Crippen MR) is 105 cm³/mol. The van der Waals surface area contributed by atoms with Gasteiger partial charge in [0.05, 0.1) is 12.6 Å². The lowest BCUT2D eigenvalue weighted by molar-refractivity contribution is 0.251. The van der Waals surface area contributed by atoms with E-state index in [2.05, 4.69) is 34.7 Å². The summed E-state index contributed by atoms with van der Waals surface area (Å²) in [6, 6.07) is 13.6. The van der Waals surface area contributed by atoms with Crippen molar-refractivity contribution in [3.05, 3.63) is 42.5 Å². The monoisotopic (exact) mass is 352 g/mol.